The quantitative estimate of drug-likeness (QED) is 0.670. The molecule has 0 radical (unpaired) electrons. The minimum atomic E-state index is -0.657. The van der Waals surface area contributed by atoms with Crippen molar-refractivity contribution >= 4 is 12.1 Å². The van der Waals surface area contributed by atoms with E-state index < -0.39 is 23.8 Å². The molecule has 0 saturated carbocycles. The summed E-state index contributed by atoms with van der Waals surface area (Å²) in [5.74, 6) is 11.7. The Morgan fingerprint density at radius 3 is 2.58 bits per heavy atom. The third-order valence-electron chi connectivity index (χ3n) is 3.34. The van der Waals surface area contributed by atoms with Gasteiger partial charge in [0.15, 0.2) is 6.10 Å². The van der Waals surface area contributed by atoms with Gasteiger partial charge in [0.05, 0.1) is 0 Å². The van der Waals surface area contributed by atoms with Crippen LogP contribution in [0.3, 0.4) is 0 Å². The smallest absolute Gasteiger partial charge is 0.408 e. The molecular weight excluding hydrogens is 330 g/mol. The zero-order valence-electron chi connectivity index (χ0n) is 15.3. The van der Waals surface area contributed by atoms with Gasteiger partial charge in [-0.25, -0.2) is 4.79 Å². The van der Waals surface area contributed by atoms with Crippen LogP contribution in [0.1, 0.15) is 51.2 Å². The predicted molar refractivity (Wildman–Crippen MR) is 98.2 cm³/mol. The Labute approximate surface area is 154 Å². The lowest BCUT2D eigenvalue weighted by Gasteiger charge is -2.19. The van der Waals surface area contributed by atoms with Crippen molar-refractivity contribution < 1.29 is 19.1 Å². The van der Waals surface area contributed by atoms with Crippen molar-refractivity contribution in [1.82, 2.24) is 5.32 Å². The topological polar surface area (TPSA) is 64.6 Å². The first-order valence-electron chi connectivity index (χ1n) is 8.59. The van der Waals surface area contributed by atoms with Crippen molar-refractivity contribution in [3.63, 3.8) is 0 Å². The average Bonchev–Trinajstić information content (AvgIpc) is 2.57. The van der Waals surface area contributed by atoms with Crippen LogP contribution in [0.5, 0.6) is 0 Å². The summed E-state index contributed by atoms with van der Waals surface area (Å²) in [6.45, 7) is 4.99. The molecular formula is C21H23NO4. The Balaban J connectivity index is 1.95. The van der Waals surface area contributed by atoms with E-state index in [1.54, 1.807) is 20.8 Å². The lowest BCUT2D eigenvalue weighted by molar-refractivity contribution is -0.145. The fraction of sp³-hybridized carbons (Fsp3) is 0.429. The Morgan fingerprint density at radius 1 is 1.19 bits per heavy atom. The molecule has 2 rings (SSSR count). The summed E-state index contributed by atoms with van der Waals surface area (Å²) in [7, 11) is 0. The zero-order chi connectivity index (χ0) is 19.0. The largest absolute Gasteiger partial charge is 0.448 e. The highest BCUT2D eigenvalue weighted by Crippen LogP contribution is 2.10. The molecule has 1 amide bonds. The molecule has 0 aromatic heterocycles. The third-order valence-corrected chi connectivity index (χ3v) is 3.34. The van der Waals surface area contributed by atoms with E-state index in [0.29, 0.717) is 12.8 Å². The van der Waals surface area contributed by atoms with Crippen molar-refractivity contribution in [2.24, 2.45) is 0 Å². The van der Waals surface area contributed by atoms with Crippen LogP contribution in [0.25, 0.3) is 0 Å². The fourth-order valence-electron chi connectivity index (χ4n) is 2.21. The summed E-state index contributed by atoms with van der Waals surface area (Å²) in [5.41, 5.74) is 1.07. The van der Waals surface area contributed by atoms with Crippen LogP contribution in [0.15, 0.2) is 24.3 Å². The van der Waals surface area contributed by atoms with E-state index in [-0.39, 0.29) is 6.54 Å². The molecule has 0 fully saturated rings. The number of hydrogen-bond donors (Lipinski definition) is 1. The van der Waals surface area contributed by atoms with Crippen molar-refractivity contribution in [3.8, 4) is 23.7 Å². The van der Waals surface area contributed by atoms with E-state index in [0.717, 1.165) is 17.5 Å². The van der Waals surface area contributed by atoms with Crippen molar-refractivity contribution in [2.75, 3.05) is 6.54 Å². The number of nitrogens with one attached hydrogen (secondary N) is 1. The van der Waals surface area contributed by atoms with Crippen LogP contribution >= 0.6 is 0 Å². The van der Waals surface area contributed by atoms with Crippen LogP contribution in [0.4, 0.5) is 4.79 Å². The first kappa shape index (κ1) is 19.4. The summed E-state index contributed by atoms with van der Waals surface area (Å²) in [6.07, 6.45) is 0.898. The first-order chi connectivity index (χ1) is 12.3. The number of fused-ring (bicyclic) bond motifs is 1. The van der Waals surface area contributed by atoms with Gasteiger partial charge < -0.3 is 14.8 Å². The summed E-state index contributed by atoms with van der Waals surface area (Å²) in [6, 6.07) is 7.62. The van der Waals surface area contributed by atoms with Gasteiger partial charge in [-0.2, -0.15) is 0 Å². The van der Waals surface area contributed by atoms with Gasteiger partial charge in [0, 0.05) is 17.5 Å². The number of esters is 1. The number of alkyl carbamates (subject to hydrolysis) is 1. The molecule has 26 heavy (non-hydrogen) atoms. The van der Waals surface area contributed by atoms with Crippen LogP contribution in [0, 0.1) is 23.7 Å². The van der Waals surface area contributed by atoms with Gasteiger partial charge >= 0.3 is 12.1 Å². The van der Waals surface area contributed by atoms with E-state index in [4.69, 9.17) is 9.47 Å². The van der Waals surface area contributed by atoms with Gasteiger partial charge in [0.25, 0.3) is 0 Å². The standard InChI is InChI=1S/C21H23NO4/c1-21(2,3)26-20(24)22-15-19(23)25-18-12-6-4-5-9-16-10-7-8-11-17(16)13-14-18/h7-8,10-11,18H,4,6,12,15H2,1-3H3,(H,22,24). The van der Waals surface area contributed by atoms with Gasteiger partial charge in [0.2, 0.25) is 0 Å². The maximum atomic E-state index is 12.0. The van der Waals surface area contributed by atoms with Gasteiger partial charge in [-0.3, -0.25) is 4.79 Å². The summed E-state index contributed by atoms with van der Waals surface area (Å²) in [4.78, 5) is 23.6. The van der Waals surface area contributed by atoms with Crippen LogP contribution in [-0.2, 0) is 14.3 Å². The molecule has 0 bridgehead atoms. The maximum absolute atomic E-state index is 12.0. The normalized spacial score (nSPS) is 15.9. The van der Waals surface area contributed by atoms with E-state index in [1.807, 2.05) is 24.3 Å². The number of carbonyl (C=O) groups is 2. The van der Waals surface area contributed by atoms with Gasteiger partial charge in [-0.15, -0.1) is 0 Å². The fourth-order valence-corrected chi connectivity index (χ4v) is 2.21. The van der Waals surface area contributed by atoms with Gasteiger partial charge in [-0.1, -0.05) is 35.8 Å². The molecule has 1 aromatic carbocycles. The Kier molecular flexibility index (Phi) is 6.69. The highest BCUT2D eigenvalue weighted by molar-refractivity contribution is 5.78. The number of hydrogen-bond acceptors (Lipinski definition) is 4. The lowest BCUT2D eigenvalue weighted by Crippen LogP contribution is -2.36. The summed E-state index contributed by atoms with van der Waals surface area (Å²) < 4.78 is 10.5. The van der Waals surface area contributed by atoms with Crippen LogP contribution < -0.4 is 5.32 Å². The molecule has 5 heteroatoms. The number of carbonyl (C=O) groups excluding carboxylic acids is 2. The molecule has 0 heterocycles. The SMILES string of the molecule is CC(C)(C)OC(=O)NCC(=O)OC1C#Cc2ccccc2C#CCCC1. The first-order valence-corrected chi connectivity index (χ1v) is 8.59. The highest BCUT2D eigenvalue weighted by Gasteiger charge is 2.18. The molecule has 1 atom stereocenters. The second kappa shape index (κ2) is 8.97. The van der Waals surface area contributed by atoms with Crippen molar-refractivity contribution in [1.29, 1.82) is 0 Å². The second-order valence-corrected chi connectivity index (χ2v) is 6.84. The minimum Gasteiger partial charge on any atom is -0.448 e. The summed E-state index contributed by atoms with van der Waals surface area (Å²) in [5, 5.41) is 2.39. The molecule has 1 aromatic rings. The lowest BCUT2D eigenvalue weighted by atomic mass is 10.1. The number of amides is 1. The van der Waals surface area contributed by atoms with E-state index >= 15 is 0 Å². The Morgan fingerprint density at radius 2 is 1.88 bits per heavy atom. The van der Waals surface area contributed by atoms with Crippen molar-refractivity contribution in [2.45, 2.75) is 51.7 Å². The highest BCUT2D eigenvalue weighted by atomic mass is 16.6. The van der Waals surface area contributed by atoms with Gasteiger partial charge in [-0.05, 0) is 45.7 Å². The number of ether oxygens (including phenoxy) is 2. The van der Waals surface area contributed by atoms with E-state index in [2.05, 4.69) is 29.0 Å². The second-order valence-electron chi connectivity index (χ2n) is 6.84. The zero-order valence-corrected chi connectivity index (χ0v) is 15.3. The number of benzene rings is 1. The van der Waals surface area contributed by atoms with Gasteiger partial charge in [0.1, 0.15) is 12.1 Å². The van der Waals surface area contributed by atoms with E-state index in [1.165, 1.54) is 0 Å². The molecule has 1 N–H and O–H groups in total. The van der Waals surface area contributed by atoms with Crippen LogP contribution in [-0.4, -0.2) is 30.3 Å². The third kappa shape index (κ3) is 6.91. The van der Waals surface area contributed by atoms with Crippen molar-refractivity contribution in [3.05, 3.63) is 35.4 Å². The maximum Gasteiger partial charge on any atom is 0.408 e. The predicted octanol–water partition coefficient (Wildman–Crippen LogP) is 3.01. The number of rotatable bonds is 3. The molecule has 0 aliphatic heterocycles. The Hall–Kier alpha value is -2.92. The molecule has 0 spiro atoms. The van der Waals surface area contributed by atoms with Crippen LogP contribution in [0.2, 0.25) is 0 Å². The van der Waals surface area contributed by atoms with E-state index in [9.17, 15) is 9.59 Å². The summed E-state index contributed by atoms with van der Waals surface area (Å²) >= 11 is 0. The molecule has 1 aliphatic carbocycles. The monoisotopic (exact) mass is 353 g/mol. The molecule has 0 saturated heterocycles. The minimum absolute atomic E-state index is 0.260. The average molecular weight is 353 g/mol. The molecule has 1 unspecified atom stereocenters. The molecule has 5 nitrogen and oxygen atoms in total. The Bertz CT molecular complexity index is 784. The molecule has 1 aliphatic rings. The molecule has 136 valence electrons.